The molecule has 62 heavy (non-hydrogen) atoms. The van der Waals surface area contributed by atoms with Gasteiger partial charge in [-0.15, -0.1) is 5.54 Å². The van der Waals surface area contributed by atoms with E-state index in [4.69, 9.17) is 28.9 Å². The Morgan fingerprint density at radius 3 is 2.32 bits per heavy atom. The smallest absolute Gasteiger partial charge is 0.410 e. The molecule has 4 fully saturated rings. The van der Waals surface area contributed by atoms with E-state index in [0.29, 0.717) is 59.2 Å². The van der Waals surface area contributed by atoms with E-state index in [2.05, 4.69) is 68.2 Å². The van der Waals surface area contributed by atoms with Crippen LogP contribution in [0.2, 0.25) is 16.6 Å². The topological polar surface area (TPSA) is 131 Å². The lowest BCUT2D eigenvalue weighted by atomic mass is 9.95. The Labute approximate surface area is 365 Å². The molecule has 4 saturated heterocycles. The molecule has 3 aromatic rings. The van der Waals surface area contributed by atoms with Crippen LogP contribution in [-0.2, 0) is 9.47 Å². The van der Waals surface area contributed by atoms with Crippen LogP contribution < -0.4 is 19.7 Å². The van der Waals surface area contributed by atoms with E-state index in [1.54, 1.807) is 18.2 Å². The van der Waals surface area contributed by atoms with Crippen molar-refractivity contribution in [2.45, 2.75) is 140 Å². The van der Waals surface area contributed by atoms with E-state index in [1.807, 2.05) is 30.6 Å². The number of fused-ring (bicyclic) bond motifs is 4. The molecule has 13 nitrogen and oxygen atoms in total. The van der Waals surface area contributed by atoms with Crippen LogP contribution in [0.15, 0.2) is 24.3 Å². The lowest BCUT2D eigenvalue weighted by molar-refractivity contribution is 0.0122. The fraction of sp³-hybridized carbons (Fsp3) is 0.630. The van der Waals surface area contributed by atoms with Crippen LogP contribution in [0.3, 0.4) is 0 Å². The Kier molecular flexibility index (Phi) is 13.1. The zero-order chi connectivity index (χ0) is 44.7. The molecule has 2 bridgehead atoms. The zero-order valence-corrected chi connectivity index (χ0v) is 38.9. The van der Waals surface area contributed by atoms with Gasteiger partial charge in [0.2, 0.25) is 11.9 Å². The number of carbonyl (C=O) groups excluding carboxylic acids is 2. The first-order chi connectivity index (χ1) is 29.3. The standard InChI is InChI=1S/C46H63F2N7O6Si/c1-28(2)62(29(3)4,30(5)6)19-16-36-38(48)15-12-31-20-35(60-27-58-10)21-37(39(31)36)40(56)49-41-50-42(52-43(51-41)59-26-46-17-11-18-54(46)23-32(47)22-46)53-24-33-13-14-34(25-53)55(33)44(57)61-45(7,8)9/h12,15,20-21,28-30,32-34H,11,13-14,17-18,22-27H2,1-10H3,(H,49,50,51,52,56)/t32-,33?,34?,46+/m1/s1. The summed E-state index contributed by atoms with van der Waals surface area (Å²) in [5.74, 6) is 2.64. The molecule has 1 N–H and O–H groups in total. The molecule has 2 amide bonds. The maximum atomic E-state index is 16.2. The van der Waals surface area contributed by atoms with E-state index < -0.39 is 37.1 Å². The monoisotopic (exact) mass is 875 g/mol. The number of hydrogen-bond donors (Lipinski definition) is 1. The maximum absolute atomic E-state index is 16.2. The summed E-state index contributed by atoms with van der Waals surface area (Å²) in [5, 5.41) is 3.78. The minimum atomic E-state index is -2.31. The van der Waals surface area contributed by atoms with Gasteiger partial charge in [-0.2, -0.15) is 15.0 Å². The quantitative estimate of drug-likeness (QED) is 0.107. The Balaban J connectivity index is 1.27. The molecule has 2 aromatic carbocycles. The van der Waals surface area contributed by atoms with Gasteiger partial charge in [-0.05, 0) is 93.2 Å². The number of amides is 2. The second-order valence-electron chi connectivity index (χ2n) is 19.4. The molecule has 336 valence electrons. The van der Waals surface area contributed by atoms with Crippen molar-refractivity contribution in [3.63, 3.8) is 0 Å². The Bertz CT molecular complexity index is 2190. The number of halogens is 2. The number of alkyl halides is 1. The summed E-state index contributed by atoms with van der Waals surface area (Å²) in [6.07, 6.45) is 2.35. The number of carbonyl (C=O) groups is 2. The minimum Gasteiger partial charge on any atom is -0.468 e. The third kappa shape index (κ3) is 9.08. The van der Waals surface area contributed by atoms with Crippen LogP contribution in [0.1, 0.15) is 110 Å². The number of ether oxygens (including phenoxy) is 4. The van der Waals surface area contributed by atoms with Gasteiger partial charge in [0.1, 0.15) is 38.0 Å². The fourth-order valence-corrected chi connectivity index (χ4v) is 15.8. The van der Waals surface area contributed by atoms with Gasteiger partial charge in [-0.1, -0.05) is 53.5 Å². The molecule has 16 heteroatoms. The number of hydrogen-bond acceptors (Lipinski definition) is 11. The van der Waals surface area contributed by atoms with Gasteiger partial charge >= 0.3 is 12.1 Å². The predicted octanol–water partition coefficient (Wildman–Crippen LogP) is 8.51. The van der Waals surface area contributed by atoms with Crippen molar-refractivity contribution in [1.82, 2.24) is 24.8 Å². The van der Waals surface area contributed by atoms with Crippen LogP contribution in [0.4, 0.5) is 25.5 Å². The minimum absolute atomic E-state index is 0.0206. The number of anilines is 2. The highest BCUT2D eigenvalue weighted by Gasteiger charge is 2.50. The van der Waals surface area contributed by atoms with Crippen LogP contribution in [0, 0.1) is 17.3 Å². The van der Waals surface area contributed by atoms with Gasteiger partial charge in [0.25, 0.3) is 5.91 Å². The van der Waals surface area contributed by atoms with Gasteiger partial charge in [0.15, 0.2) is 6.79 Å². The van der Waals surface area contributed by atoms with Crippen LogP contribution in [0.25, 0.3) is 10.8 Å². The number of nitrogens with one attached hydrogen (secondary N) is 1. The van der Waals surface area contributed by atoms with Gasteiger partial charge in [-0.3, -0.25) is 19.9 Å². The first-order valence-corrected chi connectivity index (χ1v) is 24.3. The third-order valence-corrected chi connectivity index (χ3v) is 19.6. The summed E-state index contributed by atoms with van der Waals surface area (Å²) in [6, 6.07) is 5.96. The molecule has 5 heterocycles. The molecule has 0 spiro atoms. The average Bonchev–Trinajstić information content (AvgIpc) is 3.82. The largest absolute Gasteiger partial charge is 0.468 e. The summed E-state index contributed by atoms with van der Waals surface area (Å²) >= 11 is 0. The number of rotatable bonds is 12. The second kappa shape index (κ2) is 17.9. The molecule has 0 radical (unpaired) electrons. The lowest BCUT2D eigenvalue weighted by Gasteiger charge is -2.41. The van der Waals surface area contributed by atoms with Crippen molar-refractivity contribution in [1.29, 1.82) is 0 Å². The Morgan fingerprint density at radius 2 is 1.68 bits per heavy atom. The van der Waals surface area contributed by atoms with Crippen molar-refractivity contribution >= 4 is 42.7 Å². The SMILES string of the molecule is COCOc1cc(C(=O)Nc2nc(OC[C@@]34CCCN3C[C@H](F)C4)nc(N3CC4CCC(C3)N4C(=O)OC(C)(C)C)n2)c2c(C#C[Si](C(C)C)(C(C)C)C(C)C)c(F)ccc2c1. The predicted molar refractivity (Wildman–Crippen MR) is 238 cm³/mol. The summed E-state index contributed by atoms with van der Waals surface area (Å²) in [5.41, 5.74) is 3.67. The number of methoxy groups -OCH3 is 1. The summed E-state index contributed by atoms with van der Waals surface area (Å²) in [7, 11) is -0.810. The van der Waals surface area contributed by atoms with E-state index in [9.17, 15) is 14.0 Å². The normalized spacial score (nSPS) is 22.7. The van der Waals surface area contributed by atoms with Crippen LogP contribution in [-0.4, -0.2) is 121 Å². The molecule has 4 atom stereocenters. The highest BCUT2D eigenvalue weighted by atomic mass is 28.3. The lowest BCUT2D eigenvalue weighted by Crippen LogP contribution is -2.57. The summed E-state index contributed by atoms with van der Waals surface area (Å²) < 4.78 is 54.0. The number of piperazine rings is 1. The van der Waals surface area contributed by atoms with E-state index >= 15 is 4.39 Å². The first-order valence-electron chi connectivity index (χ1n) is 22.1. The van der Waals surface area contributed by atoms with Gasteiger partial charge < -0.3 is 23.8 Å². The molecule has 2 unspecified atom stereocenters. The highest BCUT2D eigenvalue weighted by molar-refractivity contribution is 6.90. The number of nitrogens with zero attached hydrogens (tertiary/aromatic N) is 6. The highest BCUT2D eigenvalue weighted by Crippen LogP contribution is 2.42. The fourth-order valence-electron chi connectivity index (χ4n) is 10.6. The zero-order valence-electron chi connectivity index (χ0n) is 37.9. The molecule has 4 aliphatic heterocycles. The third-order valence-electron chi connectivity index (χ3n) is 13.3. The second-order valence-corrected chi connectivity index (χ2v) is 25.0. The van der Waals surface area contributed by atoms with Crippen LogP contribution >= 0.6 is 0 Å². The molecule has 0 aliphatic carbocycles. The van der Waals surface area contributed by atoms with Crippen molar-refractivity contribution in [3.8, 4) is 23.2 Å². The number of benzene rings is 2. The van der Waals surface area contributed by atoms with E-state index in [0.717, 1.165) is 32.2 Å². The molecule has 4 aliphatic rings. The molecular weight excluding hydrogens is 813 g/mol. The average molecular weight is 876 g/mol. The molecule has 0 saturated carbocycles. The summed E-state index contributed by atoms with van der Waals surface area (Å²) in [4.78, 5) is 48.1. The number of aromatic nitrogens is 3. The molecule has 7 rings (SSSR count). The Morgan fingerprint density at radius 1 is 0.984 bits per heavy atom. The maximum Gasteiger partial charge on any atom is 0.410 e. The van der Waals surface area contributed by atoms with Crippen molar-refractivity contribution in [2.24, 2.45) is 0 Å². The van der Waals surface area contributed by atoms with Gasteiger partial charge in [-0.25, -0.2) is 13.6 Å². The van der Waals surface area contributed by atoms with E-state index in [1.165, 1.54) is 13.2 Å². The van der Waals surface area contributed by atoms with Crippen molar-refractivity contribution in [2.75, 3.05) is 56.9 Å². The first kappa shape index (κ1) is 45.4. The van der Waals surface area contributed by atoms with Crippen molar-refractivity contribution in [3.05, 3.63) is 41.2 Å². The molecule has 1 aromatic heterocycles. The Hall–Kier alpha value is -4.59. The molecular formula is C46H63F2N7O6Si. The van der Waals surface area contributed by atoms with Gasteiger partial charge in [0, 0.05) is 38.6 Å². The van der Waals surface area contributed by atoms with Crippen LogP contribution in [0.5, 0.6) is 11.8 Å². The van der Waals surface area contributed by atoms with Gasteiger partial charge in [0.05, 0.1) is 28.7 Å². The van der Waals surface area contributed by atoms with E-state index in [-0.39, 0.29) is 60.6 Å². The summed E-state index contributed by atoms with van der Waals surface area (Å²) in [6.45, 7) is 20.8. The van der Waals surface area contributed by atoms with Crippen molar-refractivity contribution < 1.29 is 37.3 Å².